The number of rotatable bonds is 2. The lowest BCUT2D eigenvalue weighted by atomic mass is 9.85. The van der Waals surface area contributed by atoms with Crippen molar-refractivity contribution in [2.75, 3.05) is 0 Å². The summed E-state index contributed by atoms with van der Waals surface area (Å²) in [6, 6.07) is 3.01. The molecule has 1 aliphatic heterocycles. The highest BCUT2D eigenvalue weighted by Crippen LogP contribution is 2.41. The summed E-state index contributed by atoms with van der Waals surface area (Å²) in [5.41, 5.74) is -0.688. The van der Waals surface area contributed by atoms with Crippen LogP contribution >= 0.6 is 0 Å². The monoisotopic (exact) mass is 234 g/mol. The van der Waals surface area contributed by atoms with E-state index in [-0.39, 0.29) is 5.91 Å². The summed E-state index contributed by atoms with van der Waals surface area (Å²) in [4.78, 5) is 14.7. The summed E-state index contributed by atoms with van der Waals surface area (Å²) in [5, 5.41) is 9.40. The average Bonchev–Trinajstić information content (AvgIpc) is 2.95. The number of nitriles is 1. The zero-order valence-electron chi connectivity index (χ0n) is 10.9. The van der Waals surface area contributed by atoms with Gasteiger partial charge in [-0.05, 0) is 39.0 Å². The Morgan fingerprint density at radius 2 is 2.06 bits per heavy atom. The van der Waals surface area contributed by atoms with Crippen LogP contribution in [-0.4, -0.2) is 22.9 Å². The number of nitrogens with zero attached hydrogens (tertiary/aromatic N) is 2. The molecule has 3 heteroatoms. The van der Waals surface area contributed by atoms with Gasteiger partial charge in [0.05, 0.1) is 6.07 Å². The Morgan fingerprint density at radius 1 is 1.41 bits per heavy atom. The third-order valence-corrected chi connectivity index (χ3v) is 4.57. The predicted octanol–water partition coefficient (Wildman–Crippen LogP) is 2.86. The van der Waals surface area contributed by atoms with Crippen molar-refractivity contribution in [3.63, 3.8) is 0 Å². The molecule has 2 aliphatic rings. The van der Waals surface area contributed by atoms with Crippen molar-refractivity contribution >= 4 is 5.91 Å². The van der Waals surface area contributed by atoms with Crippen LogP contribution in [0.2, 0.25) is 0 Å². The molecule has 17 heavy (non-hydrogen) atoms. The van der Waals surface area contributed by atoms with E-state index in [2.05, 4.69) is 19.9 Å². The highest BCUT2D eigenvalue weighted by Gasteiger charge is 2.47. The smallest absolute Gasteiger partial charge is 0.243 e. The van der Waals surface area contributed by atoms with Gasteiger partial charge in [0.1, 0.15) is 5.41 Å². The van der Waals surface area contributed by atoms with E-state index in [9.17, 15) is 10.1 Å². The van der Waals surface area contributed by atoms with Crippen LogP contribution in [0.1, 0.15) is 58.8 Å². The van der Waals surface area contributed by atoms with E-state index in [4.69, 9.17) is 0 Å². The highest BCUT2D eigenvalue weighted by molar-refractivity contribution is 5.86. The molecule has 1 heterocycles. The van der Waals surface area contributed by atoms with Crippen LogP contribution in [0.25, 0.3) is 0 Å². The second-order valence-electron chi connectivity index (χ2n) is 5.60. The van der Waals surface area contributed by atoms with Crippen molar-refractivity contribution < 1.29 is 4.79 Å². The van der Waals surface area contributed by atoms with Crippen molar-refractivity contribution in [1.29, 1.82) is 5.26 Å². The molecule has 0 aromatic heterocycles. The van der Waals surface area contributed by atoms with Crippen LogP contribution in [0.15, 0.2) is 0 Å². The number of hydrogen-bond donors (Lipinski definition) is 0. The zero-order valence-corrected chi connectivity index (χ0v) is 10.9. The normalized spacial score (nSPS) is 31.5. The van der Waals surface area contributed by atoms with Crippen LogP contribution in [0, 0.1) is 16.7 Å². The number of carbonyl (C=O) groups excluding carboxylic acids is 1. The Balaban J connectivity index is 2.21. The molecule has 1 amide bonds. The fourth-order valence-electron chi connectivity index (χ4n) is 3.44. The molecular weight excluding hydrogens is 212 g/mol. The molecule has 94 valence electrons. The SMILES string of the molecule is CCC1CCC(C)N1C(=O)C1(C#N)CCCC1. The molecule has 3 nitrogen and oxygen atoms in total. The minimum absolute atomic E-state index is 0.120. The number of amides is 1. The number of likely N-dealkylation sites (tertiary alicyclic amines) is 1. The highest BCUT2D eigenvalue weighted by atomic mass is 16.2. The molecule has 0 aromatic rings. The Bertz CT molecular complexity index is 339. The van der Waals surface area contributed by atoms with Gasteiger partial charge in [-0.15, -0.1) is 0 Å². The number of carbonyl (C=O) groups is 1. The molecule has 1 saturated heterocycles. The van der Waals surface area contributed by atoms with Gasteiger partial charge in [-0.2, -0.15) is 5.26 Å². The second kappa shape index (κ2) is 4.68. The first-order valence-corrected chi connectivity index (χ1v) is 6.88. The van der Waals surface area contributed by atoms with Gasteiger partial charge in [-0.25, -0.2) is 0 Å². The van der Waals surface area contributed by atoms with Crippen LogP contribution < -0.4 is 0 Å². The van der Waals surface area contributed by atoms with Crippen LogP contribution in [0.3, 0.4) is 0 Å². The largest absolute Gasteiger partial charge is 0.336 e. The summed E-state index contributed by atoms with van der Waals surface area (Å²) in [6.45, 7) is 4.25. The van der Waals surface area contributed by atoms with Crippen molar-refractivity contribution in [2.45, 2.75) is 70.9 Å². The number of hydrogen-bond acceptors (Lipinski definition) is 2. The van der Waals surface area contributed by atoms with Gasteiger partial charge in [0.2, 0.25) is 5.91 Å². The van der Waals surface area contributed by atoms with Gasteiger partial charge in [0.15, 0.2) is 0 Å². The van der Waals surface area contributed by atoms with E-state index in [0.717, 1.165) is 44.9 Å². The molecule has 0 spiro atoms. The average molecular weight is 234 g/mol. The summed E-state index contributed by atoms with van der Waals surface area (Å²) in [7, 11) is 0. The van der Waals surface area contributed by atoms with Crippen LogP contribution in [0.5, 0.6) is 0 Å². The molecule has 0 radical (unpaired) electrons. The van der Waals surface area contributed by atoms with E-state index in [0.29, 0.717) is 12.1 Å². The molecule has 0 bridgehead atoms. The maximum absolute atomic E-state index is 12.7. The van der Waals surface area contributed by atoms with Crippen LogP contribution in [0.4, 0.5) is 0 Å². The zero-order chi connectivity index (χ0) is 12.5. The Kier molecular flexibility index (Phi) is 3.42. The van der Waals surface area contributed by atoms with E-state index in [1.165, 1.54) is 0 Å². The topological polar surface area (TPSA) is 44.1 Å². The fraction of sp³-hybridized carbons (Fsp3) is 0.857. The lowest BCUT2D eigenvalue weighted by Crippen LogP contribution is -2.47. The van der Waals surface area contributed by atoms with Gasteiger partial charge in [0.25, 0.3) is 0 Å². The molecule has 0 N–H and O–H groups in total. The molecule has 1 saturated carbocycles. The summed E-state index contributed by atoms with van der Waals surface area (Å²) in [5.74, 6) is 0.120. The third-order valence-electron chi connectivity index (χ3n) is 4.57. The van der Waals surface area contributed by atoms with Crippen molar-refractivity contribution in [1.82, 2.24) is 4.90 Å². The van der Waals surface area contributed by atoms with Crippen LogP contribution in [-0.2, 0) is 4.79 Å². The Labute approximate surface area is 104 Å². The summed E-state index contributed by atoms with van der Waals surface area (Å²) < 4.78 is 0. The minimum Gasteiger partial charge on any atom is -0.336 e. The van der Waals surface area contributed by atoms with Crippen molar-refractivity contribution in [2.24, 2.45) is 5.41 Å². The molecule has 1 aliphatic carbocycles. The van der Waals surface area contributed by atoms with Gasteiger partial charge in [-0.1, -0.05) is 19.8 Å². The van der Waals surface area contributed by atoms with Crippen molar-refractivity contribution in [3.8, 4) is 6.07 Å². The molecule has 2 fully saturated rings. The maximum atomic E-state index is 12.7. The standard InChI is InChI=1S/C14H22N2O/c1-3-12-7-6-11(2)16(12)13(17)14(10-15)8-4-5-9-14/h11-12H,3-9H2,1-2H3. The third kappa shape index (κ3) is 1.94. The quantitative estimate of drug-likeness (QED) is 0.737. The van der Waals surface area contributed by atoms with E-state index >= 15 is 0 Å². The lowest BCUT2D eigenvalue weighted by molar-refractivity contribution is -0.141. The Hall–Kier alpha value is -1.04. The maximum Gasteiger partial charge on any atom is 0.243 e. The Morgan fingerprint density at radius 3 is 2.59 bits per heavy atom. The van der Waals surface area contributed by atoms with Gasteiger partial charge in [-0.3, -0.25) is 4.79 Å². The first-order chi connectivity index (χ1) is 8.14. The lowest BCUT2D eigenvalue weighted by Gasteiger charge is -2.33. The summed E-state index contributed by atoms with van der Waals surface area (Å²) in [6.07, 6.45) is 6.79. The molecule has 2 rings (SSSR count). The van der Waals surface area contributed by atoms with E-state index in [1.807, 2.05) is 4.90 Å². The van der Waals surface area contributed by atoms with E-state index < -0.39 is 5.41 Å². The first-order valence-electron chi connectivity index (χ1n) is 6.88. The first kappa shape index (κ1) is 12.4. The van der Waals surface area contributed by atoms with Gasteiger partial charge >= 0.3 is 0 Å². The van der Waals surface area contributed by atoms with Gasteiger partial charge < -0.3 is 4.90 Å². The van der Waals surface area contributed by atoms with E-state index in [1.54, 1.807) is 0 Å². The fourth-order valence-corrected chi connectivity index (χ4v) is 3.44. The summed E-state index contributed by atoms with van der Waals surface area (Å²) >= 11 is 0. The van der Waals surface area contributed by atoms with Crippen molar-refractivity contribution in [3.05, 3.63) is 0 Å². The second-order valence-corrected chi connectivity index (χ2v) is 5.60. The predicted molar refractivity (Wildman–Crippen MR) is 66.1 cm³/mol. The molecule has 2 unspecified atom stereocenters. The molecule has 2 atom stereocenters. The minimum atomic E-state index is -0.688. The molecular formula is C14H22N2O. The molecule has 0 aromatic carbocycles. The van der Waals surface area contributed by atoms with Gasteiger partial charge in [0, 0.05) is 12.1 Å².